The summed E-state index contributed by atoms with van der Waals surface area (Å²) in [5.41, 5.74) is 2.48. The summed E-state index contributed by atoms with van der Waals surface area (Å²) < 4.78 is 0. The highest BCUT2D eigenvalue weighted by atomic mass is 16.2. The largest absolute Gasteiger partial charge is 0.339 e. The SMILES string of the molecule is CCC(=O)N(C/C=C(/C)c1ccccc1)CC1CC1. The summed E-state index contributed by atoms with van der Waals surface area (Å²) in [5.74, 6) is 1.02. The Labute approximate surface area is 116 Å². The molecule has 2 heteroatoms. The molecule has 0 saturated heterocycles. The molecule has 1 fully saturated rings. The molecular weight excluding hydrogens is 234 g/mol. The predicted octanol–water partition coefficient (Wildman–Crippen LogP) is 3.74. The first-order valence-corrected chi connectivity index (χ1v) is 7.20. The number of hydrogen-bond acceptors (Lipinski definition) is 1. The van der Waals surface area contributed by atoms with E-state index in [9.17, 15) is 4.79 Å². The van der Waals surface area contributed by atoms with Crippen LogP contribution in [0.2, 0.25) is 0 Å². The number of allylic oxidation sites excluding steroid dienone is 1. The van der Waals surface area contributed by atoms with Gasteiger partial charge in [0.15, 0.2) is 0 Å². The van der Waals surface area contributed by atoms with E-state index in [1.165, 1.54) is 24.0 Å². The van der Waals surface area contributed by atoms with Crippen molar-refractivity contribution in [2.45, 2.75) is 33.1 Å². The van der Waals surface area contributed by atoms with Crippen LogP contribution in [0, 0.1) is 5.92 Å². The Morgan fingerprint density at radius 1 is 1.32 bits per heavy atom. The van der Waals surface area contributed by atoms with Crippen LogP contribution in [0.1, 0.15) is 38.7 Å². The third-order valence-corrected chi connectivity index (χ3v) is 3.68. The lowest BCUT2D eigenvalue weighted by atomic mass is 10.1. The first-order valence-electron chi connectivity index (χ1n) is 7.20. The van der Waals surface area contributed by atoms with E-state index in [4.69, 9.17) is 0 Å². The molecule has 1 saturated carbocycles. The van der Waals surface area contributed by atoms with Crippen LogP contribution in [0.25, 0.3) is 5.57 Å². The molecule has 0 heterocycles. The Hall–Kier alpha value is -1.57. The van der Waals surface area contributed by atoms with E-state index in [0.29, 0.717) is 6.42 Å². The molecule has 0 bridgehead atoms. The summed E-state index contributed by atoms with van der Waals surface area (Å²) in [4.78, 5) is 13.9. The van der Waals surface area contributed by atoms with Gasteiger partial charge >= 0.3 is 0 Å². The number of benzene rings is 1. The normalized spacial score (nSPS) is 15.4. The number of nitrogens with zero attached hydrogens (tertiary/aromatic N) is 1. The molecule has 0 unspecified atom stereocenters. The molecular formula is C17H23NO. The van der Waals surface area contributed by atoms with E-state index < -0.39 is 0 Å². The summed E-state index contributed by atoms with van der Waals surface area (Å²) >= 11 is 0. The lowest BCUT2D eigenvalue weighted by Gasteiger charge is -2.20. The minimum atomic E-state index is 0.268. The van der Waals surface area contributed by atoms with Gasteiger partial charge in [0.2, 0.25) is 5.91 Å². The summed E-state index contributed by atoms with van der Waals surface area (Å²) in [6, 6.07) is 10.3. The third kappa shape index (κ3) is 4.23. The topological polar surface area (TPSA) is 20.3 Å². The van der Waals surface area contributed by atoms with Gasteiger partial charge in [0.1, 0.15) is 0 Å². The first-order chi connectivity index (χ1) is 9.20. The highest BCUT2D eigenvalue weighted by Gasteiger charge is 2.25. The molecule has 1 aliphatic carbocycles. The molecule has 102 valence electrons. The van der Waals surface area contributed by atoms with Gasteiger partial charge in [-0.1, -0.05) is 43.3 Å². The van der Waals surface area contributed by atoms with Gasteiger partial charge in [0.25, 0.3) is 0 Å². The van der Waals surface area contributed by atoms with Crippen LogP contribution < -0.4 is 0 Å². The fourth-order valence-corrected chi connectivity index (χ4v) is 2.18. The summed E-state index contributed by atoms with van der Waals surface area (Å²) in [6.45, 7) is 5.73. The number of carbonyl (C=O) groups is 1. The van der Waals surface area contributed by atoms with Crippen LogP contribution >= 0.6 is 0 Å². The molecule has 2 rings (SSSR count). The highest BCUT2D eigenvalue weighted by molar-refractivity contribution is 5.76. The average molecular weight is 257 g/mol. The third-order valence-electron chi connectivity index (χ3n) is 3.68. The monoisotopic (exact) mass is 257 g/mol. The zero-order chi connectivity index (χ0) is 13.7. The van der Waals surface area contributed by atoms with E-state index in [0.717, 1.165) is 19.0 Å². The van der Waals surface area contributed by atoms with Crippen molar-refractivity contribution in [3.8, 4) is 0 Å². The molecule has 0 aromatic heterocycles. The molecule has 1 amide bonds. The van der Waals surface area contributed by atoms with E-state index in [2.05, 4.69) is 25.1 Å². The first kappa shape index (κ1) is 13.9. The summed E-state index contributed by atoms with van der Waals surface area (Å²) in [6.07, 6.45) is 5.35. The van der Waals surface area contributed by atoms with Crippen molar-refractivity contribution < 1.29 is 4.79 Å². The lowest BCUT2D eigenvalue weighted by molar-refractivity contribution is -0.130. The van der Waals surface area contributed by atoms with Crippen molar-refractivity contribution in [1.29, 1.82) is 0 Å². The Balaban J connectivity index is 1.98. The molecule has 0 radical (unpaired) electrons. The second-order valence-electron chi connectivity index (χ2n) is 5.35. The van der Waals surface area contributed by atoms with Crippen LogP contribution in [0.15, 0.2) is 36.4 Å². The molecule has 0 spiro atoms. The molecule has 0 N–H and O–H groups in total. The molecule has 0 atom stereocenters. The second-order valence-corrected chi connectivity index (χ2v) is 5.35. The Morgan fingerprint density at radius 2 is 2.00 bits per heavy atom. The number of carbonyl (C=O) groups excluding carboxylic acids is 1. The van der Waals surface area contributed by atoms with Crippen molar-refractivity contribution in [2.75, 3.05) is 13.1 Å². The maximum absolute atomic E-state index is 11.9. The smallest absolute Gasteiger partial charge is 0.222 e. The van der Waals surface area contributed by atoms with Crippen molar-refractivity contribution in [3.63, 3.8) is 0 Å². The van der Waals surface area contributed by atoms with Gasteiger partial charge in [-0.15, -0.1) is 0 Å². The van der Waals surface area contributed by atoms with Gasteiger partial charge < -0.3 is 4.90 Å². The van der Waals surface area contributed by atoms with E-state index >= 15 is 0 Å². The van der Waals surface area contributed by atoms with Crippen LogP contribution in [-0.2, 0) is 4.79 Å². The maximum atomic E-state index is 11.9. The molecule has 0 aliphatic heterocycles. The number of rotatable bonds is 6. The average Bonchev–Trinajstić information content (AvgIpc) is 3.27. The standard InChI is InChI=1S/C17H23NO/c1-3-17(19)18(13-15-9-10-15)12-11-14(2)16-7-5-4-6-8-16/h4-8,11,15H,3,9-10,12-13H2,1-2H3/b14-11-. The van der Waals surface area contributed by atoms with Crippen molar-refractivity contribution in [2.24, 2.45) is 5.92 Å². The Bertz CT molecular complexity index is 446. The van der Waals surface area contributed by atoms with Gasteiger partial charge in [0.05, 0.1) is 0 Å². The van der Waals surface area contributed by atoms with Crippen LogP contribution in [-0.4, -0.2) is 23.9 Å². The van der Waals surface area contributed by atoms with E-state index in [1.54, 1.807) is 0 Å². The zero-order valence-electron chi connectivity index (χ0n) is 11.9. The summed E-state index contributed by atoms with van der Waals surface area (Å²) in [5, 5.41) is 0. The predicted molar refractivity (Wildman–Crippen MR) is 79.7 cm³/mol. The summed E-state index contributed by atoms with van der Waals surface area (Å²) in [7, 11) is 0. The molecule has 19 heavy (non-hydrogen) atoms. The molecule has 2 nitrogen and oxygen atoms in total. The number of amides is 1. The van der Waals surface area contributed by atoms with E-state index in [-0.39, 0.29) is 5.91 Å². The Kier molecular flexibility index (Phi) is 4.78. The quantitative estimate of drug-likeness (QED) is 0.760. The van der Waals surface area contributed by atoms with Gasteiger partial charge in [-0.2, -0.15) is 0 Å². The van der Waals surface area contributed by atoms with Crippen LogP contribution in [0.3, 0.4) is 0 Å². The minimum Gasteiger partial charge on any atom is -0.339 e. The van der Waals surface area contributed by atoms with Gasteiger partial charge in [0, 0.05) is 19.5 Å². The van der Waals surface area contributed by atoms with Gasteiger partial charge in [-0.3, -0.25) is 4.79 Å². The second kappa shape index (κ2) is 6.55. The van der Waals surface area contributed by atoms with E-state index in [1.807, 2.05) is 30.0 Å². The van der Waals surface area contributed by atoms with Gasteiger partial charge in [-0.05, 0) is 36.8 Å². The van der Waals surface area contributed by atoms with Crippen molar-refractivity contribution in [1.82, 2.24) is 4.90 Å². The fourth-order valence-electron chi connectivity index (χ4n) is 2.18. The van der Waals surface area contributed by atoms with Crippen LogP contribution in [0.4, 0.5) is 0 Å². The minimum absolute atomic E-state index is 0.268. The van der Waals surface area contributed by atoms with Crippen molar-refractivity contribution >= 4 is 11.5 Å². The highest BCUT2D eigenvalue weighted by Crippen LogP contribution is 2.30. The van der Waals surface area contributed by atoms with Crippen LogP contribution in [0.5, 0.6) is 0 Å². The van der Waals surface area contributed by atoms with Crippen molar-refractivity contribution in [3.05, 3.63) is 42.0 Å². The molecule has 1 aromatic carbocycles. The maximum Gasteiger partial charge on any atom is 0.222 e. The molecule has 1 aromatic rings. The lowest BCUT2D eigenvalue weighted by Crippen LogP contribution is -2.32. The zero-order valence-corrected chi connectivity index (χ0v) is 11.9. The molecule has 1 aliphatic rings. The number of hydrogen-bond donors (Lipinski definition) is 0. The fraction of sp³-hybridized carbons (Fsp3) is 0.471. The van der Waals surface area contributed by atoms with Gasteiger partial charge in [-0.25, -0.2) is 0 Å². The Morgan fingerprint density at radius 3 is 2.58 bits per heavy atom.